The molecular weight excluding hydrogens is 547 g/mol. The minimum atomic E-state index is -0.306. The van der Waals surface area contributed by atoms with E-state index in [0.717, 1.165) is 45.0 Å². The van der Waals surface area contributed by atoms with Crippen LogP contribution in [-0.4, -0.2) is 28.5 Å². The summed E-state index contributed by atoms with van der Waals surface area (Å²) in [7, 11) is 0. The fraction of sp³-hybridized carbons (Fsp3) is 0.161. The molecule has 0 saturated carbocycles. The van der Waals surface area contributed by atoms with Crippen molar-refractivity contribution in [2.45, 2.75) is 12.6 Å². The highest BCUT2D eigenvalue weighted by Crippen LogP contribution is 2.33. The summed E-state index contributed by atoms with van der Waals surface area (Å²) in [6, 6.07) is 21.7. The number of halogens is 2. The number of fused-ring (bicyclic) bond motifs is 1. The Labute approximate surface area is 241 Å². The number of benzene rings is 3. The molecule has 0 saturated heterocycles. The molecule has 2 N–H and O–H groups in total. The van der Waals surface area contributed by atoms with Crippen molar-refractivity contribution in [2.24, 2.45) is 0 Å². The fourth-order valence-electron chi connectivity index (χ4n) is 4.26. The second-order valence-electron chi connectivity index (χ2n) is 9.05. The van der Waals surface area contributed by atoms with Crippen molar-refractivity contribution in [3.63, 3.8) is 0 Å². The van der Waals surface area contributed by atoms with Gasteiger partial charge in [0.25, 0.3) is 0 Å². The summed E-state index contributed by atoms with van der Waals surface area (Å²) < 4.78 is 25.5. The van der Waals surface area contributed by atoms with E-state index < -0.39 is 0 Å². The minimum Gasteiger partial charge on any atom is -0.487 e. The van der Waals surface area contributed by atoms with Crippen molar-refractivity contribution in [1.29, 1.82) is 0 Å². The van der Waals surface area contributed by atoms with Crippen molar-refractivity contribution in [2.75, 3.05) is 23.9 Å². The van der Waals surface area contributed by atoms with Gasteiger partial charge in [0.1, 0.15) is 41.8 Å². The van der Waals surface area contributed by atoms with E-state index in [1.54, 1.807) is 36.0 Å². The van der Waals surface area contributed by atoms with Gasteiger partial charge in [-0.05, 0) is 72.5 Å². The van der Waals surface area contributed by atoms with Crippen LogP contribution in [0.15, 0.2) is 96.2 Å². The van der Waals surface area contributed by atoms with Gasteiger partial charge < -0.3 is 19.8 Å². The standard InChI is InChI=1S/C31H28ClFN4O2S/c1-3-13-34-27(18-40-2)30-12-11-28(39-30)21-7-9-26-24(15-21)31(36-19-35-26)37-23-8-10-29(25(32)16-23)38-17-20-5-4-6-22(33)14-20/h3-12,14-16,19,27,34H,1,13,17-18H2,2H3,(H,35,36,37)/t27-/m1/s1. The molecule has 0 spiro atoms. The average molecular weight is 575 g/mol. The molecule has 0 aliphatic carbocycles. The molecule has 0 aliphatic rings. The Kier molecular flexibility index (Phi) is 9.01. The lowest BCUT2D eigenvalue weighted by molar-refractivity contribution is 0.306. The third-order valence-corrected chi connectivity index (χ3v) is 7.17. The monoisotopic (exact) mass is 574 g/mol. The molecule has 0 unspecified atom stereocenters. The number of hydrogen-bond acceptors (Lipinski definition) is 7. The maximum atomic E-state index is 13.5. The largest absolute Gasteiger partial charge is 0.487 e. The summed E-state index contributed by atoms with van der Waals surface area (Å²) in [5.74, 6) is 3.36. The summed E-state index contributed by atoms with van der Waals surface area (Å²) >= 11 is 8.26. The van der Waals surface area contributed by atoms with Gasteiger partial charge in [0, 0.05) is 28.9 Å². The maximum absolute atomic E-state index is 13.5. The number of anilines is 2. The minimum absolute atomic E-state index is 0.0910. The Morgan fingerprint density at radius 2 is 2.00 bits per heavy atom. The molecular formula is C31H28ClFN4O2S. The summed E-state index contributed by atoms with van der Waals surface area (Å²) in [5.41, 5.74) is 3.17. The Hall–Kier alpha value is -3.85. The van der Waals surface area contributed by atoms with E-state index in [2.05, 4.69) is 33.4 Å². The molecule has 5 aromatic rings. The SMILES string of the molecule is C=CCN[C@H](CSC)c1ccc(-c2ccc3ncnc(Nc4ccc(OCc5cccc(F)c5)c(Cl)c4)c3c2)o1. The van der Waals surface area contributed by atoms with E-state index in [1.165, 1.54) is 18.5 Å². The number of furan rings is 1. The molecule has 1 atom stereocenters. The van der Waals surface area contributed by atoms with Gasteiger partial charge in [0.15, 0.2) is 0 Å². The summed E-state index contributed by atoms with van der Waals surface area (Å²) in [4.78, 5) is 8.90. The second-order valence-corrected chi connectivity index (χ2v) is 10.4. The zero-order valence-electron chi connectivity index (χ0n) is 21.9. The van der Waals surface area contributed by atoms with E-state index in [9.17, 15) is 4.39 Å². The third-order valence-electron chi connectivity index (χ3n) is 6.21. The molecule has 9 heteroatoms. The molecule has 0 bridgehead atoms. The number of hydrogen-bond donors (Lipinski definition) is 2. The molecule has 2 aromatic heterocycles. The molecule has 5 rings (SSSR count). The Morgan fingerprint density at radius 3 is 2.80 bits per heavy atom. The first kappa shape index (κ1) is 27.7. The summed E-state index contributed by atoms with van der Waals surface area (Å²) in [6.07, 6.45) is 5.44. The van der Waals surface area contributed by atoms with Crippen molar-refractivity contribution in [1.82, 2.24) is 15.3 Å². The molecule has 3 aromatic carbocycles. The van der Waals surface area contributed by atoms with Crippen molar-refractivity contribution >= 4 is 45.8 Å². The highest BCUT2D eigenvalue weighted by molar-refractivity contribution is 7.98. The van der Waals surface area contributed by atoms with Crippen LogP contribution in [0.3, 0.4) is 0 Å². The predicted molar refractivity (Wildman–Crippen MR) is 162 cm³/mol. The molecule has 40 heavy (non-hydrogen) atoms. The van der Waals surface area contributed by atoms with Crippen molar-refractivity contribution in [3.05, 3.63) is 114 Å². The number of rotatable bonds is 12. The first-order valence-electron chi connectivity index (χ1n) is 12.7. The van der Waals surface area contributed by atoms with Gasteiger partial charge in [-0.25, -0.2) is 14.4 Å². The lowest BCUT2D eigenvalue weighted by Crippen LogP contribution is -2.22. The molecule has 204 valence electrons. The number of nitrogens with zero attached hydrogens (tertiary/aromatic N) is 2. The fourth-order valence-corrected chi connectivity index (χ4v) is 5.11. The molecule has 6 nitrogen and oxygen atoms in total. The smallest absolute Gasteiger partial charge is 0.141 e. The van der Waals surface area contributed by atoms with E-state index in [0.29, 0.717) is 23.1 Å². The highest BCUT2D eigenvalue weighted by atomic mass is 35.5. The van der Waals surface area contributed by atoms with Crippen molar-refractivity contribution < 1.29 is 13.5 Å². The van der Waals surface area contributed by atoms with Gasteiger partial charge in [-0.3, -0.25) is 0 Å². The van der Waals surface area contributed by atoms with Gasteiger partial charge in [0.2, 0.25) is 0 Å². The van der Waals surface area contributed by atoms with Crippen LogP contribution in [0.25, 0.3) is 22.2 Å². The lowest BCUT2D eigenvalue weighted by atomic mass is 10.1. The van der Waals surface area contributed by atoms with Crippen LogP contribution >= 0.6 is 23.4 Å². The zero-order chi connectivity index (χ0) is 27.9. The van der Waals surface area contributed by atoms with Crippen molar-refractivity contribution in [3.8, 4) is 17.1 Å². The Balaban J connectivity index is 1.35. The maximum Gasteiger partial charge on any atom is 0.141 e. The quantitative estimate of drug-likeness (QED) is 0.146. The Bertz CT molecular complexity index is 1630. The van der Waals surface area contributed by atoms with Crippen LogP contribution in [0.5, 0.6) is 5.75 Å². The van der Waals surface area contributed by atoms with Gasteiger partial charge in [-0.1, -0.05) is 29.8 Å². The normalized spacial score (nSPS) is 11.9. The molecule has 0 radical (unpaired) electrons. The van der Waals surface area contributed by atoms with E-state index in [4.69, 9.17) is 20.8 Å². The van der Waals surface area contributed by atoms with Crippen LogP contribution in [0.1, 0.15) is 17.4 Å². The van der Waals surface area contributed by atoms with Gasteiger partial charge >= 0.3 is 0 Å². The van der Waals surface area contributed by atoms with Crippen LogP contribution in [0.4, 0.5) is 15.9 Å². The first-order chi connectivity index (χ1) is 19.5. The van der Waals surface area contributed by atoms with Gasteiger partial charge in [0.05, 0.1) is 16.6 Å². The van der Waals surface area contributed by atoms with Crippen LogP contribution in [0, 0.1) is 5.82 Å². The van der Waals surface area contributed by atoms with E-state index in [1.807, 2.05) is 42.5 Å². The van der Waals surface area contributed by atoms with Gasteiger partial charge in [-0.2, -0.15) is 11.8 Å². The van der Waals surface area contributed by atoms with Crippen LogP contribution in [-0.2, 0) is 6.61 Å². The molecule has 2 heterocycles. The topological polar surface area (TPSA) is 72.2 Å². The number of aromatic nitrogens is 2. The average Bonchev–Trinajstić information content (AvgIpc) is 3.45. The lowest BCUT2D eigenvalue weighted by Gasteiger charge is -2.14. The van der Waals surface area contributed by atoms with E-state index >= 15 is 0 Å². The molecule has 0 amide bonds. The van der Waals surface area contributed by atoms with Crippen LogP contribution in [0.2, 0.25) is 5.02 Å². The predicted octanol–water partition coefficient (Wildman–Crippen LogP) is 8.18. The summed E-state index contributed by atoms with van der Waals surface area (Å²) in [6.45, 7) is 4.71. The molecule has 0 fully saturated rings. The number of thioether (sulfide) groups is 1. The second kappa shape index (κ2) is 13.0. The van der Waals surface area contributed by atoms with Gasteiger partial charge in [-0.15, -0.1) is 6.58 Å². The number of nitrogens with one attached hydrogen (secondary N) is 2. The molecule has 0 aliphatic heterocycles. The summed E-state index contributed by atoms with van der Waals surface area (Å²) in [5, 5.41) is 8.06. The first-order valence-corrected chi connectivity index (χ1v) is 14.4. The highest BCUT2D eigenvalue weighted by Gasteiger charge is 2.16. The zero-order valence-corrected chi connectivity index (χ0v) is 23.4. The Morgan fingerprint density at radius 1 is 1.10 bits per heavy atom. The van der Waals surface area contributed by atoms with E-state index in [-0.39, 0.29) is 18.5 Å². The number of ether oxygens (including phenoxy) is 1. The third kappa shape index (κ3) is 6.65. The van der Waals surface area contributed by atoms with Crippen LogP contribution < -0.4 is 15.4 Å².